The molecular formula is C14H10ClN3O2S2. The first-order valence-electron chi connectivity index (χ1n) is 6.42. The molecule has 0 spiro atoms. The van der Waals surface area contributed by atoms with Gasteiger partial charge in [-0.15, -0.1) is 11.3 Å². The van der Waals surface area contributed by atoms with E-state index in [1.165, 1.54) is 35.2 Å². The maximum absolute atomic E-state index is 10.9. The van der Waals surface area contributed by atoms with Crippen LogP contribution in [0.25, 0.3) is 21.3 Å². The van der Waals surface area contributed by atoms with Crippen LogP contribution in [0.1, 0.15) is 6.92 Å². The molecule has 2 heterocycles. The van der Waals surface area contributed by atoms with Crippen LogP contribution in [0.4, 0.5) is 5.69 Å². The lowest BCUT2D eigenvalue weighted by atomic mass is 10.1. The van der Waals surface area contributed by atoms with Crippen LogP contribution >= 0.6 is 34.7 Å². The van der Waals surface area contributed by atoms with Crippen LogP contribution in [0.5, 0.6) is 0 Å². The number of thiophene rings is 1. The lowest BCUT2D eigenvalue weighted by molar-refractivity contribution is -0.384. The van der Waals surface area contributed by atoms with Crippen molar-refractivity contribution in [3.8, 4) is 11.1 Å². The minimum atomic E-state index is -0.411. The van der Waals surface area contributed by atoms with Gasteiger partial charge in [-0.2, -0.15) is 0 Å². The average Bonchev–Trinajstić information content (AvgIpc) is 2.92. The quantitative estimate of drug-likeness (QED) is 0.217. The summed E-state index contributed by atoms with van der Waals surface area (Å²) in [5.41, 5.74) is 1.61. The van der Waals surface area contributed by atoms with Crippen molar-refractivity contribution < 1.29 is 4.92 Å². The second-order valence-electron chi connectivity index (χ2n) is 4.37. The summed E-state index contributed by atoms with van der Waals surface area (Å²) in [6, 6.07) is 6.48. The number of benzene rings is 1. The Morgan fingerprint density at radius 3 is 2.95 bits per heavy atom. The highest BCUT2D eigenvalue weighted by Gasteiger charge is 2.16. The van der Waals surface area contributed by atoms with Gasteiger partial charge in [-0.25, -0.2) is 9.97 Å². The molecule has 8 heteroatoms. The highest BCUT2D eigenvalue weighted by atomic mass is 35.5. The van der Waals surface area contributed by atoms with E-state index in [-0.39, 0.29) is 5.69 Å². The molecule has 0 amide bonds. The standard InChI is InChI=1S/C14H10ClN3O2S2/c1-2-21-14-16-12(15)11-10(7-22-13(11)17-14)8-4-3-5-9(6-8)18(19)20/h3-7H,2H2,1H3. The third kappa shape index (κ3) is 2.79. The molecule has 0 saturated heterocycles. The van der Waals surface area contributed by atoms with Gasteiger partial charge in [0, 0.05) is 23.1 Å². The van der Waals surface area contributed by atoms with Crippen molar-refractivity contribution >= 4 is 50.6 Å². The van der Waals surface area contributed by atoms with Crippen LogP contribution in [0.15, 0.2) is 34.8 Å². The molecule has 0 saturated carbocycles. The van der Waals surface area contributed by atoms with E-state index >= 15 is 0 Å². The van der Waals surface area contributed by atoms with Gasteiger partial charge >= 0.3 is 0 Å². The number of hydrogen-bond acceptors (Lipinski definition) is 6. The van der Waals surface area contributed by atoms with Crippen LogP contribution in [0.3, 0.4) is 0 Å². The van der Waals surface area contributed by atoms with Crippen molar-refractivity contribution in [1.82, 2.24) is 9.97 Å². The number of nitro benzene ring substituents is 1. The normalized spacial score (nSPS) is 11.0. The molecule has 0 aliphatic heterocycles. The molecule has 5 nitrogen and oxygen atoms in total. The van der Waals surface area contributed by atoms with E-state index in [0.29, 0.717) is 10.3 Å². The number of fused-ring (bicyclic) bond motifs is 1. The number of rotatable bonds is 4. The number of thioether (sulfide) groups is 1. The molecule has 22 heavy (non-hydrogen) atoms. The number of non-ortho nitro benzene ring substituents is 1. The zero-order valence-corrected chi connectivity index (χ0v) is 13.8. The Balaban J connectivity index is 2.16. The Kier molecular flexibility index (Phi) is 4.28. The van der Waals surface area contributed by atoms with Gasteiger partial charge in [0.05, 0.1) is 10.3 Å². The molecule has 0 aliphatic carbocycles. The van der Waals surface area contributed by atoms with Crippen LogP contribution < -0.4 is 0 Å². The van der Waals surface area contributed by atoms with Gasteiger partial charge in [-0.05, 0) is 11.3 Å². The van der Waals surface area contributed by atoms with Crippen molar-refractivity contribution in [2.24, 2.45) is 0 Å². The highest BCUT2D eigenvalue weighted by molar-refractivity contribution is 7.99. The van der Waals surface area contributed by atoms with E-state index in [4.69, 9.17) is 11.6 Å². The van der Waals surface area contributed by atoms with Gasteiger partial charge in [-0.3, -0.25) is 10.1 Å². The number of hydrogen-bond donors (Lipinski definition) is 0. The van der Waals surface area contributed by atoms with E-state index in [9.17, 15) is 10.1 Å². The third-order valence-corrected chi connectivity index (χ3v) is 4.89. The molecule has 0 radical (unpaired) electrons. The van der Waals surface area contributed by atoms with Crippen molar-refractivity contribution in [2.75, 3.05) is 5.75 Å². The van der Waals surface area contributed by atoms with Crippen molar-refractivity contribution in [3.63, 3.8) is 0 Å². The first-order chi connectivity index (χ1) is 10.6. The lowest BCUT2D eigenvalue weighted by Gasteiger charge is -2.03. The molecule has 3 aromatic rings. The molecular weight excluding hydrogens is 342 g/mol. The minimum absolute atomic E-state index is 0.0482. The van der Waals surface area contributed by atoms with Gasteiger partial charge in [0.15, 0.2) is 5.16 Å². The molecule has 1 aromatic carbocycles. The lowest BCUT2D eigenvalue weighted by Crippen LogP contribution is -1.90. The summed E-state index contributed by atoms with van der Waals surface area (Å²) in [6.45, 7) is 2.02. The Hall–Kier alpha value is -1.70. The Morgan fingerprint density at radius 2 is 2.23 bits per heavy atom. The molecule has 0 bridgehead atoms. The fourth-order valence-corrected chi connectivity index (χ4v) is 4.03. The Labute approximate surface area is 139 Å². The van der Waals surface area contributed by atoms with E-state index in [0.717, 1.165) is 27.1 Å². The van der Waals surface area contributed by atoms with E-state index < -0.39 is 4.92 Å². The smallest absolute Gasteiger partial charge is 0.258 e. The number of halogens is 1. The van der Waals surface area contributed by atoms with Gasteiger partial charge in [0.25, 0.3) is 5.69 Å². The second kappa shape index (κ2) is 6.20. The Bertz CT molecular complexity index is 866. The summed E-state index contributed by atoms with van der Waals surface area (Å²) in [5, 5.41) is 14.6. The van der Waals surface area contributed by atoms with Crippen LogP contribution in [0.2, 0.25) is 5.15 Å². The largest absolute Gasteiger partial charge is 0.270 e. The van der Waals surface area contributed by atoms with Gasteiger partial charge < -0.3 is 0 Å². The summed E-state index contributed by atoms with van der Waals surface area (Å²) in [4.78, 5) is 20.1. The molecule has 0 N–H and O–H groups in total. The fourth-order valence-electron chi connectivity index (χ4n) is 2.07. The monoisotopic (exact) mass is 351 g/mol. The topological polar surface area (TPSA) is 68.9 Å². The number of nitrogens with zero attached hydrogens (tertiary/aromatic N) is 3. The number of aromatic nitrogens is 2. The average molecular weight is 352 g/mol. The first-order valence-corrected chi connectivity index (χ1v) is 8.67. The number of nitro groups is 1. The third-order valence-electron chi connectivity index (χ3n) is 3.01. The predicted molar refractivity (Wildman–Crippen MR) is 90.9 cm³/mol. The van der Waals surface area contributed by atoms with Gasteiger partial charge in [0.2, 0.25) is 0 Å². The SMILES string of the molecule is CCSc1nc(Cl)c2c(-c3cccc([N+](=O)[O-])c3)csc2n1. The summed E-state index contributed by atoms with van der Waals surface area (Å²) >= 11 is 9.29. The first kappa shape index (κ1) is 15.2. The maximum Gasteiger partial charge on any atom is 0.270 e. The fraction of sp³-hybridized carbons (Fsp3) is 0.143. The molecule has 0 unspecified atom stereocenters. The molecule has 2 aromatic heterocycles. The van der Waals surface area contributed by atoms with E-state index in [2.05, 4.69) is 9.97 Å². The zero-order chi connectivity index (χ0) is 15.7. The predicted octanol–water partition coefficient (Wildman–Crippen LogP) is 5.03. The van der Waals surface area contributed by atoms with E-state index in [1.54, 1.807) is 6.07 Å². The molecule has 3 rings (SSSR count). The zero-order valence-electron chi connectivity index (χ0n) is 11.4. The summed E-state index contributed by atoms with van der Waals surface area (Å²) in [5.74, 6) is 0.866. The van der Waals surface area contributed by atoms with Crippen molar-refractivity contribution in [1.29, 1.82) is 0 Å². The molecule has 0 aliphatic rings. The van der Waals surface area contributed by atoms with Gasteiger partial charge in [-0.1, -0.05) is 42.4 Å². The molecule has 112 valence electrons. The minimum Gasteiger partial charge on any atom is -0.258 e. The summed E-state index contributed by atoms with van der Waals surface area (Å²) in [7, 11) is 0. The molecule has 0 atom stereocenters. The maximum atomic E-state index is 10.9. The van der Waals surface area contributed by atoms with Crippen LogP contribution in [0, 0.1) is 10.1 Å². The summed E-state index contributed by atoms with van der Waals surface area (Å²) < 4.78 is 0. The highest BCUT2D eigenvalue weighted by Crippen LogP contribution is 2.38. The van der Waals surface area contributed by atoms with Gasteiger partial charge in [0.1, 0.15) is 9.98 Å². The van der Waals surface area contributed by atoms with Crippen LogP contribution in [-0.4, -0.2) is 20.6 Å². The van der Waals surface area contributed by atoms with Crippen molar-refractivity contribution in [2.45, 2.75) is 12.1 Å². The Morgan fingerprint density at radius 1 is 1.41 bits per heavy atom. The second-order valence-corrected chi connectivity index (χ2v) is 6.81. The van der Waals surface area contributed by atoms with Crippen molar-refractivity contribution in [3.05, 3.63) is 44.9 Å². The molecule has 0 fully saturated rings. The van der Waals surface area contributed by atoms with Crippen LogP contribution in [-0.2, 0) is 0 Å². The summed E-state index contributed by atoms with van der Waals surface area (Å²) in [6.07, 6.45) is 0. The van der Waals surface area contributed by atoms with E-state index in [1.807, 2.05) is 18.4 Å².